The van der Waals surface area contributed by atoms with E-state index >= 15 is 0 Å². The monoisotopic (exact) mass is 812 g/mol. The van der Waals surface area contributed by atoms with Gasteiger partial charge in [0.05, 0.1) is 5.41 Å². The molecule has 2 aliphatic heterocycles. The van der Waals surface area contributed by atoms with Crippen molar-refractivity contribution in [1.82, 2.24) is 0 Å². The minimum atomic E-state index is -0.505. The van der Waals surface area contributed by atoms with Gasteiger partial charge in [0.1, 0.15) is 0 Å². The highest BCUT2D eigenvalue weighted by Crippen LogP contribution is 2.62. The van der Waals surface area contributed by atoms with Crippen molar-refractivity contribution in [2.75, 3.05) is 9.80 Å². The van der Waals surface area contributed by atoms with Crippen LogP contribution in [0, 0.1) is 0 Å². The van der Waals surface area contributed by atoms with Crippen molar-refractivity contribution in [3.8, 4) is 33.4 Å². The number of rotatable bonds is 6. The SMILES string of the molecule is CC12CCCC1c1cc(-c3ccc4c(c3)C(c3ccccc3)(c3ccccc3)c3cc(-c5ccc6c(c5)C5CCCC5(C)N6c5ccccc5)ccc3-4)ccc1N2c1ccccc1. The van der Waals surface area contributed by atoms with E-state index in [-0.39, 0.29) is 11.1 Å². The molecule has 0 saturated heterocycles. The zero-order chi connectivity index (χ0) is 41.9. The molecule has 2 saturated carbocycles. The molecule has 2 nitrogen and oxygen atoms in total. The first-order valence-electron chi connectivity index (χ1n) is 23.4. The van der Waals surface area contributed by atoms with Crippen LogP contribution in [0.5, 0.6) is 0 Å². The quantitative estimate of drug-likeness (QED) is 0.165. The Morgan fingerprint density at radius 3 is 1.17 bits per heavy atom. The van der Waals surface area contributed by atoms with E-state index in [0.29, 0.717) is 11.8 Å². The number of anilines is 4. The number of hydrogen-bond donors (Lipinski definition) is 0. The van der Waals surface area contributed by atoms with E-state index in [0.717, 1.165) is 0 Å². The van der Waals surface area contributed by atoms with Crippen molar-refractivity contribution in [3.05, 3.63) is 228 Å². The molecule has 4 unspecified atom stereocenters. The summed E-state index contributed by atoms with van der Waals surface area (Å²) in [6.07, 6.45) is 7.42. The predicted molar refractivity (Wildman–Crippen MR) is 262 cm³/mol. The smallest absolute Gasteiger partial charge is 0.0713 e. The molecule has 3 aliphatic carbocycles. The van der Waals surface area contributed by atoms with Gasteiger partial charge in [-0.25, -0.2) is 0 Å². The maximum atomic E-state index is 2.66. The first-order valence-corrected chi connectivity index (χ1v) is 23.4. The first kappa shape index (κ1) is 37.0. The Labute approximate surface area is 372 Å². The molecule has 2 fully saturated rings. The van der Waals surface area contributed by atoms with Gasteiger partial charge in [-0.1, -0.05) is 146 Å². The van der Waals surface area contributed by atoms with Gasteiger partial charge in [0.2, 0.25) is 0 Å². The highest BCUT2D eigenvalue weighted by atomic mass is 15.2. The summed E-state index contributed by atoms with van der Waals surface area (Å²) in [6.45, 7) is 5.00. The first-order chi connectivity index (χ1) is 31.0. The van der Waals surface area contributed by atoms with Crippen molar-refractivity contribution >= 4 is 22.7 Å². The molecule has 2 heterocycles. The lowest BCUT2D eigenvalue weighted by molar-refractivity contribution is 0.451. The van der Waals surface area contributed by atoms with Gasteiger partial charge in [-0.05, 0) is 167 Å². The van der Waals surface area contributed by atoms with E-state index in [1.807, 2.05) is 0 Å². The molecule has 2 heteroatoms. The molecule has 0 bridgehead atoms. The molecular weight excluding hydrogens is 761 g/mol. The van der Waals surface area contributed by atoms with Crippen LogP contribution in [-0.2, 0) is 5.41 Å². The van der Waals surface area contributed by atoms with Gasteiger partial charge in [0.15, 0.2) is 0 Å². The molecule has 0 N–H and O–H groups in total. The lowest BCUT2D eigenvalue weighted by atomic mass is 9.67. The van der Waals surface area contributed by atoms with Crippen LogP contribution in [0.3, 0.4) is 0 Å². The van der Waals surface area contributed by atoms with Crippen LogP contribution in [0.4, 0.5) is 22.7 Å². The number of para-hydroxylation sites is 2. The van der Waals surface area contributed by atoms with E-state index < -0.39 is 5.41 Å². The third kappa shape index (κ3) is 5.13. The Morgan fingerprint density at radius 2 is 0.762 bits per heavy atom. The van der Waals surface area contributed by atoms with E-state index in [9.17, 15) is 0 Å². The van der Waals surface area contributed by atoms with Crippen molar-refractivity contribution in [2.24, 2.45) is 0 Å². The van der Waals surface area contributed by atoms with Gasteiger partial charge in [0.25, 0.3) is 0 Å². The second-order valence-corrected chi connectivity index (χ2v) is 19.5. The molecule has 0 spiro atoms. The molecular formula is C61H52N2. The third-order valence-corrected chi connectivity index (χ3v) is 16.4. The fourth-order valence-corrected chi connectivity index (χ4v) is 13.7. The lowest BCUT2D eigenvalue weighted by Gasteiger charge is -2.37. The second kappa shape index (κ2) is 13.7. The Bertz CT molecular complexity index is 2850. The van der Waals surface area contributed by atoms with Gasteiger partial charge in [-0.2, -0.15) is 0 Å². The molecule has 8 aromatic rings. The lowest BCUT2D eigenvalue weighted by Crippen LogP contribution is -2.40. The normalized spacial score (nSPS) is 23.2. The fourth-order valence-electron chi connectivity index (χ4n) is 13.7. The van der Waals surface area contributed by atoms with E-state index in [4.69, 9.17) is 0 Å². The summed E-state index contributed by atoms with van der Waals surface area (Å²) in [7, 11) is 0. The molecule has 0 amide bonds. The van der Waals surface area contributed by atoms with Crippen LogP contribution in [0.15, 0.2) is 194 Å². The molecule has 5 aliphatic rings. The zero-order valence-corrected chi connectivity index (χ0v) is 36.3. The number of benzene rings is 8. The van der Waals surface area contributed by atoms with Crippen molar-refractivity contribution in [1.29, 1.82) is 0 Å². The highest BCUT2D eigenvalue weighted by Gasteiger charge is 2.53. The summed E-state index contributed by atoms with van der Waals surface area (Å²) < 4.78 is 0. The third-order valence-electron chi connectivity index (χ3n) is 16.4. The minimum Gasteiger partial charge on any atom is -0.335 e. The summed E-state index contributed by atoms with van der Waals surface area (Å²) in [5.41, 5.74) is 21.1. The second-order valence-electron chi connectivity index (χ2n) is 19.5. The Balaban J connectivity index is 0.973. The maximum absolute atomic E-state index is 2.66. The topological polar surface area (TPSA) is 6.48 Å². The standard InChI is InChI=1S/C61H52N2/c1-59-35-15-25-53(59)51-37-41(29-33-57(51)62(59)47-21-11-5-12-22-47)43-27-31-49-50-32-28-44(40-56(50)61(55(49)39-43,45-17-7-3-8-18-45)46-19-9-4-10-20-46)42-30-34-58-52(38-42)54-26-16-36-60(54,2)63(58)48-23-13-6-14-24-48/h3-14,17-24,27-34,37-40,53-54H,15-16,25-26,35-36H2,1-2H3. The molecule has 63 heavy (non-hydrogen) atoms. The van der Waals surface area contributed by atoms with Crippen molar-refractivity contribution in [3.63, 3.8) is 0 Å². The van der Waals surface area contributed by atoms with Gasteiger partial charge >= 0.3 is 0 Å². The van der Waals surface area contributed by atoms with Gasteiger partial charge in [-0.3, -0.25) is 0 Å². The van der Waals surface area contributed by atoms with Crippen LogP contribution in [0.1, 0.15) is 97.6 Å². The predicted octanol–water partition coefficient (Wildman–Crippen LogP) is 15.7. The molecule has 0 radical (unpaired) electrons. The molecule has 4 atom stereocenters. The zero-order valence-electron chi connectivity index (χ0n) is 36.3. The summed E-state index contributed by atoms with van der Waals surface area (Å²) in [5.74, 6) is 1.03. The van der Waals surface area contributed by atoms with E-state index in [2.05, 4.69) is 218 Å². The van der Waals surface area contributed by atoms with Crippen LogP contribution in [-0.4, -0.2) is 11.1 Å². The van der Waals surface area contributed by atoms with Gasteiger partial charge in [0, 0.05) is 45.7 Å². The van der Waals surface area contributed by atoms with Crippen LogP contribution < -0.4 is 9.80 Å². The Morgan fingerprint density at radius 1 is 0.397 bits per heavy atom. The van der Waals surface area contributed by atoms with Crippen LogP contribution in [0.2, 0.25) is 0 Å². The van der Waals surface area contributed by atoms with Crippen LogP contribution >= 0.6 is 0 Å². The van der Waals surface area contributed by atoms with E-state index in [1.165, 1.54) is 128 Å². The van der Waals surface area contributed by atoms with Crippen LogP contribution in [0.25, 0.3) is 33.4 Å². The van der Waals surface area contributed by atoms with Gasteiger partial charge in [-0.15, -0.1) is 0 Å². The maximum Gasteiger partial charge on any atom is 0.0713 e. The van der Waals surface area contributed by atoms with E-state index in [1.54, 1.807) is 0 Å². The molecule has 306 valence electrons. The molecule has 8 aromatic carbocycles. The van der Waals surface area contributed by atoms with Crippen molar-refractivity contribution in [2.45, 2.75) is 80.7 Å². The molecule has 13 rings (SSSR count). The van der Waals surface area contributed by atoms with Crippen molar-refractivity contribution < 1.29 is 0 Å². The van der Waals surface area contributed by atoms with Gasteiger partial charge < -0.3 is 9.80 Å². The summed E-state index contributed by atoms with van der Waals surface area (Å²) in [5, 5.41) is 0. The average molecular weight is 813 g/mol. The number of hydrogen-bond acceptors (Lipinski definition) is 2. The Kier molecular flexibility index (Phi) is 8.03. The fraction of sp³-hybridized carbons (Fsp3) is 0.213. The largest absolute Gasteiger partial charge is 0.335 e. The molecule has 0 aromatic heterocycles. The summed E-state index contributed by atoms with van der Waals surface area (Å²) in [6, 6.07) is 74.2. The minimum absolute atomic E-state index is 0.0895. The summed E-state index contributed by atoms with van der Waals surface area (Å²) in [4.78, 5) is 5.31. The number of nitrogens with zero attached hydrogens (tertiary/aromatic N) is 2. The average Bonchev–Trinajstić information content (AvgIpc) is 4.11. The number of fused-ring (bicyclic) bond motifs is 9. The highest BCUT2D eigenvalue weighted by molar-refractivity contribution is 5.91. The Hall–Kier alpha value is -6.64. The summed E-state index contributed by atoms with van der Waals surface area (Å²) >= 11 is 0.